The Labute approximate surface area is 125 Å². The van der Waals surface area contributed by atoms with Crippen molar-refractivity contribution in [3.05, 3.63) is 21.9 Å². The van der Waals surface area contributed by atoms with Gasteiger partial charge in [-0.2, -0.15) is 0 Å². The fraction of sp³-hybridized carbons (Fsp3) is 0.688. The Morgan fingerprint density at radius 1 is 1.40 bits per heavy atom. The van der Waals surface area contributed by atoms with Gasteiger partial charge in [-0.15, -0.1) is 11.3 Å². The van der Waals surface area contributed by atoms with Crippen LogP contribution in [0.25, 0.3) is 0 Å². The molecule has 0 radical (unpaired) electrons. The number of fused-ring (bicyclic) bond motifs is 2. The molecule has 1 heterocycles. The normalized spacial score (nSPS) is 33.4. The molecular formula is C16H24N2OS. The van der Waals surface area contributed by atoms with Gasteiger partial charge in [-0.05, 0) is 57.1 Å². The zero-order valence-corrected chi connectivity index (χ0v) is 13.3. The molecule has 2 fully saturated rings. The molecule has 4 heteroatoms. The summed E-state index contributed by atoms with van der Waals surface area (Å²) in [6.45, 7) is 4.22. The average molecular weight is 292 g/mol. The molecule has 2 aliphatic rings. The number of rotatable bonds is 3. The first-order valence-electron chi connectivity index (χ1n) is 7.57. The van der Waals surface area contributed by atoms with E-state index < -0.39 is 0 Å². The van der Waals surface area contributed by atoms with Crippen LogP contribution in [0.1, 0.15) is 42.0 Å². The highest BCUT2D eigenvalue weighted by atomic mass is 32.1. The minimum atomic E-state index is 0.0576. The maximum atomic E-state index is 12.8. The molecular weight excluding hydrogens is 268 g/mol. The topological polar surface area (TPSA) is 46.3 Å². The van der Waals surface area contributed by atoms with Gasteiger partial charge in [0.2, 0.25) is 5.91 Å². The van der Waals surface area contributed by atoms with Crippen molar-refractivity contribution in [1.82, 2.24) is 4.90 Å². The zero-order chi connectivity index (χ0) is 14.4. The van der Waals surface area contributed by atoms with Gasteiger partial charge in [0.1, 0.15) is 0 Å². The van der Waals surface area contributed by atoms with Gasteiger partial charge in [0, 0.05) is 22.8 Å². The molecule has 0 saturated heterocycles. The van der Waals surface area contributed by atoms with Gasteiger partial charge in [-0.3, -0.25) is 4.79 Å². The van der Waals surface area contributed by atoms with Gasteiger partial charge in [0.05, 0.1) is 12.0 Å². The summed E-state index contributed by atoms with van der Waals surface area (Å²) in [5.74, 6) is 1.43. The van der Waals surface area contributed by atoms with Crippen LogP contribution in [0.4, 0.5) is 0 Å². The zero-order valence-electron chi connectivity index (χ0n) is 12.5. The first-order valence-corrected chi connectivity index (χ1v) is 8.39. The van der Waals surface area contributed by atoms with E-state index >= 15 is 0 Å². The van der Waals surface area contributed by atoms with Crippen molar-refractivity contribution < 1.29 is 4.79 Å². The van der Waals surface area contributed by atoms with Gasteiger partial charge in [-0.1, -0.05) is 0 Å². The van der Waals surface area contributed by atoms with E-state index in [0.29, 0.717) is 11.8 Å². The molecule has 5 unspecified atom stereocenters. The van der Waals surface area contributed by atoms with Gasteiger partial charge < -0.3 is 10.6 Å². The summed E-state index contributed by atoms with van der Waals surface area (Å²) in [6, 6.07) is 4.49. The predicted molar refractivity (Wildman–Crippen MR) is 82.5 cm³/mol. The Kier molecular flexibility index (Phi) is 3.63. The van der Waals surface area contributed by atoms with Crippen molar-refractivity contribution in [3.8, 4) is 0 Å². The maximum Gasteiger partial charge on any atom is 0.227 e. The number of thiophene rings is 1. The summed E-state index contributed by atoms with van der Waals surface area (Å²) >= 11 is 1.78. The number of nitrogens with zero attached hydrogens (tertiary/aromatic N) is 1. The number of amides is 1. The van der Waals surface area contributed by atoms with Crippen LogP contribution in [0.5, 0.6) is 0 Å². The third kappa shape index (κ3) is 2.19. The summed E-state index contributed by atoms with van der Waals surface area (Å²) in [5, 5.41) is 0. The van der Waals surface area contributed by atoms with E-state index in [2.05, 4.69) is 26.0 Å². The Balaban J connectivity index is 1.73. The minimum absolute atomic E-state index is 0.0576. The number of carbonyl (C=O) groups is 1. The van der Waals surface area contributed by atoms with Crippen LogP contribution in [0, 0.1) is 24.7 Å². The molecule has 20 heavy (non-hydrogen) atoms. The third-order valence-electron chi connectivity index (χ3n) is 5.37. The molecule has 5 atom stereocenters. The highest BCUT2D eigenvalue weighted by molar-refractivity contribution is 7.12. The van der Waals surface area contributed by atoms with Crippen LogP contribution in [-0.2, 0) is 4.79 Å². The second-order valence-corrected chi connectivity index (χ2v) is 7.83. The van der Waals surface area contributed by atoms with Crippen molar-refractivity contribution in [2.75, 3.05) is 7.05 Å². The number of hydrogen-bond donors (Lipinski definition) is 1. The lowest BCUT2D eigenvalue weighted by Crippen LogP contribution is -2.46. The maximum absolute atomic E-state index is 12.8. The summed E-state index contributed by atoms with van der Waals surface area (Å²) < 4.78 is 0. The number of carbonyl (C=O) groups excluding carboxylic acids is 1. The molecule has 1 aromatic heterocycles. The van der Waals surface area contributed by atoms with Crippen molar-refractivity contribution in [1.29, 1.82) is 0 Å². The Morgan fingerprint density at radius 3 is 2.65 bits per heavy atom. The Morgan fingerprint density at radius 2 is 2.10 bits per heavy atom. The first-order chi connectivity index (χ1) is 9.49. The number of hydrogen-bond acceptors (Lipinski definition) is 3. The summed E-state index contributed by atoms with van der Waals surface area (Å²) in [6.07, 6.45) is 3.58. The van der Waals surface area contributed by atoms with E-state index in [0.717, 1.165) is 6.42 Å². The van der Waals surface area contributed by atoms with Crippen LogP contribution < -0.4 is 5.73 Å². The van der Waals surface area contributed by atoms with Crippen molar-refractivity contribution in [3.63, 3.8) is 0 Å². The molecule has 0 spiro atoms. The lowest BCUT2D eigenvalue weighted by Gasteiger charge is -2.33. The summed E-state index contributed by atoms with van der Waals surface area (Å²) in [4.78, 5) is 17.3. The molecule has 3 rings (SSSR count). The molecule has 1 amide bonds. The van der Waals surface area contributed by atoms with Crippen LogP contribution in [-0.4, -0.2) is 23.9 Å². The highest BCUT2D eigenvalue weighted by Gasteiger charge is 2.50. The molecule has 2 bridgehead atoms. The van der Waals surface area contributed by atoms with Crippen molar-refractivity contribution >= 4 is 17.2 Å². The lowest BCUT2D eigenvalue weighted by molar-refractivity contribution is -0.138. The largest absolute Gasteiger partial charge is 0.338 e. The van der Waals surface area contributed by atoms with Crippen molar-refractivity contribution in [2.45, 2.75) is 45.2 Å². The Bertz CT molecular complexity index is 510. The average Bonchev–Trinajstić information content (AvgIpc) is 3.12. The fourth-order valence-electron chi connectivity index (χ4n) is 4.00. The predicted octanol–water partition coefficient (Wildman–Crippen LogP) is 2.95. The van der Waals surface area contributed by atoms with E-state index in [-0.39, 0.29) is 23.9 Å². The second-order valence-electron chi connectivity index (χ2n) is 6.51. The first kappa shape index (κ1) is 14.1. The molecule has 2 N–H and O–H groups in total. The minimum Gasteiger partial charge on any atom is -0.338 e. The molecule has 0 aliphatic heterocycles. The van der Waals surface area contributed by atoms with Gasteiger partial charge in [-0.25, -0.2) is 0 Å². The SMILES string of the molecule is Cc1ccc(C(C)N(C)C(=O)C2C3CCC(C3)C2N)s1. The van der Waals surface area contributed by atoms with Gasteiger partial charge in [0.25, 0.3) is 0 Å². The molecule has 3 nitrogen and oxygen atoms in total. The van der Waals surface area contributed by atoms with E-state index in [9.17, 15) is 4.79 Å². The van der Waals surface area contributed by atoms with E-state index in [1.807, 2.05) is 11.9 Å². The van der Waals surface area contributed by atoms with Crippen LogP contribution in [0.3, 0.4) is 0 Å². The van der Waals surface area contributed by atoms with Gasteiger partial charge >= 0.3 is 0 Å². The molecule has 110 valence electrons. The van der Waals surface area contributed by atoms with Crippen LogP contribution in [0.2, 0.25) is 0 Å². The molecule has 0 aromatic carbocycles. The smallest absolute Gasteiger partial charge is 0.227 e. The van der Waals surface area contributed by atoms with E-state index in [4.69, 9.17) is 5.73 Å². The highest BCUT2D eigenvalue weighted by Crippen LogP contribution is 2.48. The summed E-state index contributed by atoms with van der Waals surface area (Å²) in [7, 11) is 1.93. The number of nitrogens with two attached hydrogens (primary N) is 1. The quantitative estimate of drug-likeness (QED) is 0.931. The molecule has 2 saturated carbocycles. The van der Waals surface area contributed by atoms with E-state index in [1.54, 1.807) is 11.3 Å². The Hall–Kier alpha value is -0.870. The third-order valence-corrected chi connectivity index (χ3v) is 6.54. The summed E-state index contributed by atoms with van der Waals surface area (Å²) in [5.41, 5.74) is 6.30. The van der Waals surface area contributed by atoms with E-state index in [1.165, 1.54) is 22.6 Å². The van der Waals surface area contributed by atoms with Crippen LogP contribution in [0.15, 0.2) is 12.1 Å². The van der Waals surface area contributed by atoms with Crippen molar-refractivity contribution in [2.24, 2.45) is 23.5 Å². The standard InChI is InChI=1S/C16H24N2OS/c1-9-4-7-13(20-9)10(2)18(3)16(19)14-11-5-6-12(8-11)15(14)17/h4,7,10-12,14-15H,5-6,8,17H2,1-3H3. The monoisotopic (exact) mass is 292 g/mol. The fourth-order valence-corrected chi connectivity index (χ4v) is 4.97. The molecule has 1 aromatic rings. The second kappa shape index (κ2) is 5.15. The van der Waals surface area contributed by atoms with Gasteiger partial charge in [0.15, 0.2) is 0 Å². The van der Waals surface area contributed by atoms with Crippen LogP contribution >= 0.6 is 11.3 Å². The molecule has 2 aliphatic carbocycles. The number of aryl methyl sites for hydroxylation is 1. The lowest BCUT2D eigenvalue weighted by atomic mass is 9.84.